The molecule has 1 fully saturated rings. The van der Waals surface area contributed by atoms with E-state index in [9.17, 15) is 4.79 Å². The number of carbonyl (C=O) groups is 1. The Morgan fingerprint density at radius 2 is 1.65 bits per heavy atom. The van der Waals surface area contributed by atoms with E-state index in [1.54, 1.807) is 0 Å². The van der Waals surface area contributed by atoms with Crippen LogP contribution in [0.15, 0.2) is 90.0 Å². The van der Waals surface area contributed by atoms with Crippen molar-refractivity contribution in [1.82, 2.24) is 0 Å². The zero-order valence-corrected chi connectivity index (χ0v) is 27.6. The number of rotatable bonds is 10. The predicted molar refractivity (Wildman–Crippen MR) is 185 cm³/mol. The lowest BCUT2D eigenvalue weighted by Gasteiger charge is -2.34. The largest absolute Gasteiger partial charge is 0.490 e. The minimum Gasteiger partial charge on any atom is -0.490 e. The molecular formula is C36H36Cl2N4O4. The number of morpholine rings is 1. The summed E-state index contributed by atoms with van der Waals surface area (Å²) in [6, 6.07) is 27.3. The van der Waals surface area contributed by atoms with Crippen LogP contribution in [-0.2, 0) is 16.1 Å². The molecule has 0 aliphatic carbocycles. The second kappa shape index (κ2) is 14.0. The van der Waals surface area contributed by atoms with Crippen LogP contribution in [0.2, 0.25) is 10.0 Å². The first-order valence-electron chi connectivity index (χ1n) is 15.3. The minimum atomic E-state index is -0.617. The number of ether oxygens (including phenoxy) is 3. The highest BCUT2D eigenvalue weighted by Gasteiger charge is 2.41. The number of benzene rings is 4. The number of nitrogens with zero attached hydrogens (tertiary/aromatic N) is 4. The highest BCUT2D eigenvalue weighted by Crippen LogP contribution is 2.46. The predicted octanol–water partition coefficient (Wildman–Crippen LogP) is 8.04. The molecule has 0 amide bonds. The lowest BCUT2D eigenvalue weighted by atomic mass is 10.1. The fourth-order valence-electron chi connectivity index (χ4n) is 5.73. The molecule has 1 atom stereocenters. The molecule has 6 rings (SSSR count). The number of amidine groups is 1. The van der Waals surface area contributed by atoms with Crippen LogP contribution in [0, 0.1) is 6.92 Å². The fourth-order valence-corrected chi connectivity index (χ4v) is 6.22. The number of para-hydroxylation sites is 1. The Morgan fingerprint density at radius 3 is 2.35 bits per heavy atom. The number of carbonyl (C=O) groups excluding carboxylic acids is 1. The van der Waals surface area contributed by atoms with Crippen molar-refractivity contribution < 1.29 is 19.0 Å². The molecule has 2 aliphatic rings. The van der Waals surface area contributed by atoms with E-state index in [0.717, 1.165) is 46.8 Å². The Morgan fingerprint density at radius 1 is 0.913 bits per heavy atom. The summed E-state index contributed by atoms with van der Waals surface area (Å²) in [5, 5.41) is 7.97. The molecule has 4 aromatic carbocycles. The molecule has 1 saturated heterocycles. The van der Waals surface area contributed by atoms with Crippen molar-refractivity contribution in [3.63, 3.8) is 0 Å². The van der Waals surface area contributed by atoms with Crippen LogP contribution >= 0.6 is 23.2 Å². The summed E-state index contributed by atoms with van der Waals surface area (Å²) in [4.78, 5) is 17.4. The number of hydrazone groups is 1. The van der Waals surface area contributed by atoms with Gasteiger partial charge in [-0.25, -0.2) is 5.01 Å². The van der Waals surface area contributed by atoms with Crippen molar-refractivity contribution in [3.05, 3.63) is 112 Å². The Hall–Kier alpha value is -4.24. The van der Waals surface area contributed by atoms with Gasteiger partial charge in [-0.3, -0.25) is 9.69 Å². The van der Waals surface area contributed by atoms with Crippen LogP contribution in [0.3, 0.4) is 0 Å². The standard InChI is InChI=1S/C36H36Cl2N4O4/c1-4-45-33-11-7-9-29(34(33)46-23-26-8-5-6-10-30(26)37)36-41(28-16-17-32(31(38)22-28)40-18-20-44-21-19-40)35(25(3)43)39-42(36)27-14-12-24(2)13-15-27/h5-17,22,36H,4,18-21,23H2,1-3H3/t36-/m1/s1. The molecule has 2 aliphatic heterocycles. The monoisotopic (exact) mass is 658 g/mol. The third kappa shape index (κ3) is 6.51. The van der Waals surface area contributed by atoms with Gasteiger partial charge in [0.15, 0.2) is 29.3 Å². The SMILES string of the molecule is CCOc1cccc([C@H]2N(c3ccc(C)cc3)N=C(C(C)=O)N2c2ccc(N3CCOCC3)c(Cl)c2)c1OCc1ccccc1Cl. The van der Waals surface area contributed by atoms with Crippen LogP contribution in [0.1, 0.15) is 36.7 Å². The third-order valence-electron chi connectivity index (χ3n) is 8.00. The quantitative estimate of drug-likeness (QED) is 0.171. The summed E-state index contributed by atoms with van der Waals surface area (Å²) in [5.74, 6) is 1.20. The molecule has 0 spiro atoms. The maximum Gasteiger partial charge on any atom is 0.198 e. The van der Waals surface area contributed by atoms with Crippen molar-refractivity contribution in [3.8, 4) is 11.5 Å². The van der Waals surface area contributed by atoms with Gasteiger partial charge in [0.25, 0.3) is 0 Å². The molecule has 0 N–H and O–H groups in total. The minimum absolute atomic E-state index is 0.188. The van der Waals surface area contributed by atoms with Gasteiger partial charge < -0.3 is 19.1 Å². The van der Waals surface area contributed by atoms with Crippen molar-refractivity contribution in [2.75, 3.05) is 47.7 Å². The summed E-state index contributed by atoms with van der Waals surface area (Å²) in [5.41, 5.74) is 5.15. The smallest absolute Gasteiger partial charge is 0.198 e. The number of ketones is 1. The second-order valence-electron chi connectivity index (χ2n) is 11.1. The van der Waals surface area contributed by atoms with Crippen LogP contribution in [0.25, 0.3) is 0 Å². The van der Waals surface area contributed by atoms with Crippen molar-refractivity contribution in [2.24, 2.45) is 5.10 Å². The topological polar surface area (TPSA) is 66.8 Å². The summed E-state index contributed by atoms with van der Waals surface area (Å²) in [6.45, 7) is 8.94. The van der Waals surface area contributed by atoms with E-state index in [-0.39, 0.29) is 18.2 Å². The zero-order valence-electron chi connectivity index (χ0n) is 26.1. The first-order chi connectivity index (χ1) is 22.4. The van der Waals surface area contributed by atoms with E-state index in [2.05, 4.69) is 4.90 Å². The first kappa shape index (κ1) is 31.7. The van der Waals surface area contributed by atoms with Gasteiger partial charge in [-0.1, -0.05) is 71.2 Å². The zero-order chi connectivity index (χ0) is 32.2. The number of halogens is 2. The molecule has 0 bridgehead atoms. The summed E-state index contributed by atoms with van der Waals surface area (Å²) in [7, 11) is 0. The molecule has 2 heterocycles. The Kier molecular flexibility index (Phi) is 9.68. The van der Waals surface area contributed by atoms with Crippen molar-refractivity contribution in [1.29, 1.82) is 0 Å². The number of hydrogen-bond acceptors (Lipinski definition) is 8. The van der Waals surface area contributed by atoms with E-state index >= 15 is 0 Å². The summed E-state index contributed by atoms with van der Waals surface area (Å²) in [6.07, 6.45) is -0.617. The Bertz CT molecular complexity index is 1740. The molecule has 8 nitrogen and oxygen atoms in total. The molecule has 0 saturated carbocycles. The molecule has 0 aromatic heterocycles. The van der Waals surface area contributed by atoms with E-state index in [1.807, 2.05) is 109 Å². The average molecular weight is 660 g/mol. The molecular weight excluding hydrogens is 623 g/mol. The highest BCUT2D eigenvalue weighted by molar-refractivity contribution is 6.44. The molecule has 0 radical (unpaired) electrons. The lowest BCUT2D eigenvalue weighted by molar-refractivity contribution is -0.111. The highest BCUT2D eigenvalue weighted by atomic mass is 35.5. The fraction of sp³-hybridized carbons (Fsp3) is 0.278. The summed E-state index contributed by atoms with van der Waals surface area (Å²) < 4.78 is 18.2. The van der Waals surface area contributed by atoms with Crippen LogP contribution in [0.5, 0.6) is 11.5 Å². The number of Topliss-reactive ketones (excluding diaryl/α,β-unsaturated/α-hetero) is 1. The first-order valence-corrected chi connectivity index (χ1v) is 16.1. The van der Waals surface area contributed by atoms with Crippen molar-refractivity contribution in [2.45, 2.75) is 33.5 Å². The number of aryl methyl sites for hydroxylation is 1. The normalized spacial score (nSPS) is 16.4. The van der Waals surface area contributed by atoms with Gasteiger partial charge in [-0.2, -0.15) is 0 Å². The maximum atomic E-state index is 13.3. The van der Waals surface area contributed by atoms with Crippen LogP contribution in [-0.4, -0.2) is 44.5 Å². The van der Waals surface area contributed by atoms with E-state index in [1.165, 1.54) is 6.92 Å². The number of anilines is 3. The van der Waals surface area contributed by atoms with Gasteiger partial charge >= 0.3 is 0 Å². The molecule has 46 heavy (non-hydrogen) atoms. The van der Waals surface area contributed by atoms with Gasteiger partial charge in [0, 0.05) is 41.9 Å². The third-order valence-corrected chi connectivity index (χ3v) is 8.67. The van der Waals surface area contributed by atoms with Crippen molar-refractivity contribution >= 4 is 51.9 Å². The second-order valence-corrected chi connectivity index (χ2v) is 11.9. The Labute approximate surface area is 279 Å². The van der Waals surface area contributed by atoms with Gasteiger partial charge in [-0.05, 0) is 56.3 Å². The number of hydrogen-bond donors (Lipinski definition) is 0. The van der Waals surface area contributed by atoms with Crippen LogP contribution in [0.4, 0.5) is 17.1 Å². The summed E-state index contributed by atoms with van der Waals surface area (Å²) >= 11 is 13.5. The molecule has 0 unspecified atom stereocenters. The van der Waals surface area contributed by atoms with Gasteiger partial charge in [0.05, 0.1) is 36.2 Å². The van der Waals surface area contributed by atoms with E-state index < -0.39 is 6.17 Å². The van der Waals surface area contributed by atoms with E-state index in [4.69, 9.17) is 42.5 Å². The van der Waals surface area contributed by atoms with Gasteiger partial charge in [0.2, 0.25) is 0 Å². The lowest BCUT2D eigenvalue weighted by Crippen LogP contribution is -2.38. The molecule has 238 valence electrons. The van der Waals surface area contributed by atoms with Gasteiger partial charge in [-0.15, -0.1) is 5.10 Å². The van der Waals surface area contributed by atoms with Gasteiger partial charge in [0.1, 0.15) is 6.61 Å². The van der Waals surface area contributed by atoms with Crippen LogP contribution < -0.4 is 24.3 Å². The maximum absolute atomic E-state index is 13.3. The molecule has 4 aromatic rings. The van der Waals surface area contributed by atoms with E-state index in [0.29, 0.717) is 41.4 Å². The molecule has 10 heteroatoms. The Balaban J connectivity index is 1.50. The average Bonchev–Trinajstić information content (AvgIpc) is 3.46.